The van der Waals surface area contributed by atoms with Crippen molar-refractivity contribution < 1.29 is 10.0 Å². The summed E-state index contributed by atoms with van der Waals surface area (Å²) >= 11 is 0. The van der Waals surface area contributed by atoms with Crippen LogP contribution in [0.4, 0.5) is 0 Å². The highest BCUT2D eigenvalue weighted by Crippen LogP contribution is 1.97. The molecule has 0 heterocycles. The maximum Gasteiger partial charge on any atom is 0.234 e. The lowest BCUT2D eigenvalue weighted by Crippen LogP contribution is -2.48. The lowest BCUT2D eigenvalue weighted by Gasteiger charge is -2.21. The molecule has 0 aliphatic heterocycles. The van der Waals surface area contributed by atoms with Gasteiger partial charge >= 0.3 is 0 Å². The first-order valence-corrected chi connectivity index (χ1v) is 4.78. The zero-order valence-electron chi connectivity index (χ0n) is 9.66. The van der Waals surface area contributed by atoms with E-state index >= 15 is 0 Å². The van der Waals surface area contributed by atoms with Crippen LogP contribution in [-0.2, 0) is 4.79 Å². The number of hydrogen-bond donors (Lipinski definition) is 4. The number of nitrogens with one attached hydrogen (secondary N) is 2. The molecule has 88 valence electrons. The third-order valence-corrected chi connectivity index (χ3v) is 1.64. The number of carbonyl (C=O) groups is 1. The van der Waals surface area contributed by atoms with Crippen LogP contribution in [0, 0.1) is 0 Å². The molecule has 0 aliphatic carbocycles. The van der Waals surface area contributed by atoms with E-state index in [4.69, 9.17) is 10.9 Å². The highest BCUT2D eigenvalue weighted by Gasteiger charge is 2.14. The molecule has 1 atom stereocenters. The summed E-state index contributed by atoms with van der Waals surface area (Å²) in [5.41, 5.74) is 5.08. The number of carbonyl (C=O) groups excluding carboxylic acids is 1. The van der Waals surface area contributed by atoms with E-state index in [1.165, 1.54) is 0 Å². The fraction of sp³-hybridized carbons (Fsp3) is 0.778. The third kappa shape index (κ3) is 6.73. The number of rotatable bonds is 4. The summed E-state index contributed by atoms with van der Waals surface area (Å²) < 4.78 is 0. The van der Waals surface area contributed by atoms with Crippen molar-refractivity contribution in [3.8, 4) is 0 Å². The van der Waals surface area contributed by atoms with Crippen LogP contribution in [0.25, 0.3) is 0 Å². The Morgan fingerprint density at radius 3 is 2.47 bits per heavy atom. The fourth-order valence-electron chi connectivity index (χ4n) is 0.899. The summed E-state index contributed by atoms with van der Waals surface area (Å²) in [7, 11) is 0. The fourth-order valence-corrected chi connectivity index (χ4v) is 0.899. The van der Waals surface area contributed by atoms with Gasteiger partial charge < -0.3 is 16.3 Å². The van der Waals surface area contributed by atoms with Crippen molar-refractivity contribution >= 4 is 11.7 Å². The molecule has 0 bridgehead atoms. The molecule has 1 unspecified atom stereocenters. The first-order chi connectivity index (χ1) is 6.76. The minimum Gasteiger partial charge on any atom is -0.409 e. The second kappa shape index (κ2) is 5.55. The zero-order chi connectivity index (χ0) is 12.1. The van der Waals surface area contributed by atoms with Crippen molar-refractivity contribution in [1.82, 2.24) is 10.6 Å². The Morgan fingerprint density at radius 2 is 2.07 bits per heavy atom. The van der Waals surface area contributed by atoms with Gasteiger partial charge in [0.05, 0.1) is 12.6 Å². The largest absolute Gasteiger partial charge is 0.409 e. The van der Waals surface area contributed by atoms with E-state index in [1.54, 1.807) is 6.92 Å². The van der Waals surface area contributed by atoms with Gasteiger partial charge in [-0.1, -0.05) is 5.16 Å². The van der Waals surface area contributed by atoms with Crippen LogP contribution >= 0.6 is 0 Å². The van der Waals surface area contributed by atoms with Crippen molar-refractivity contribution in [1.29, 1.82) is 0 Å². The summed E-state index contributed by atoms with van der Waals surface area (Å²) in [5, 5.41) is 16.8. The summed E-state index contributed by atoms with van der Waals surface area (Å²) in [6.45, 7) is 7.54. The predicted octanol–water partition coefficient (Wildman–Crippen LogP) is -0.374. The quantitative estimate of drug-likeness (QED) is 0.223. The molecule has 0 saturated heterocycles. The second-order valence-electron chi connectivity index (χ2n) is 4.43. The van der Waals surface area contributed by atoms with Crippen LogP contribution in [-0.4, -0.2) is 35.1 Å². The van der Waals surface area contributed by atoms with Crippen LogP contribution < -0.4 is 16.4 Å². The topological polar surface area (TPSA) is 99.7 Å². The first kappa shape index (κ1) is 13.7. The van der Waals surface area contributed by atoms with E-state index < -0.39 is 0 Å². The van der Waals surface area contributed by atoms with Gasteiger partial charge in [0.15, 0.2) is 5.84 Å². The van der Waals surface area contributed by atoms with Crippen LogP contribution in [0.1, 0.15) is 27.7 Å². The first-order valence-electron chi connectivity index (χ1n) is 4.78. The average Bonchev–Trinajstić information content (AvgIpc) is 2.10. The highest BCUT2D eigenvalue weighted by molar-refractivity contribution is 5.86. The molecule has 0 saturated carbocycles. The lowest BCUT2D eigenvalue weighted by atomic mass is 10.1. The summed E-state index contributed by atoms with van der Waals surface area (Å²) in [5.74, 6) is -0.0707. The molecule has 15 heavy (non-hydrogen) atoms. The molecule has 0 aromatic carbocycles. The van der Waals surface area contributed by atoms with E-state index in [1.807, 2.05) is 20.8 Å². The Morgan fingerprint density at radius 1 is 1.53 bits per heavy atom. The molecule has 6 nitrogen and oxygen atoms in total. The minimum atomic E-state index is -0.333. The Kier molecular flexibility index (Phi) is 5.07. The summed E-state index contributed by atoms with van der Waals surface area (Å²) in [4.78, 5) is 11.4. The molecule has 0 aromatic rings. The monoisotopic (exact) mass is 216 g/mol. The van der Waals surface area contributed by atoms with Crippen molar-refractivity contribution in [3.05, 3.63) is 0 Å². The van der Waals surface area contributed by atoms with E-state index in [9.17, 15) is 4.79 Å². The van der Waals surface area contributed by atoms with E-state index in [2.05, 4.69) is 15.8 Å². The van der Waals surface area contributed by atoms with Crippen LogP contribution in [0.15, 0.2) is 5.16 Å². The highest BCUT2D eigenvalue weighted by atomic mass is 16.4. The average molecular weight is 216 g/mol. The molecule has 0 aliphatic rings. The maximum absolute atomic E-state index is 11.4. The molecule has 5 N–H and O–H groups in total. The van der Waals surface area contributed by atoms with Gasteiger partial charge in [0.2, 0.25) is 5.91 Å². The maximum atomic E-state index is 11.4. The normalized spacial score (nSPS) is 14.8. The molecule has 0 fully saturated rings. The van der Waals surface area contributed by atoms with Crippen molar-refractivity contribution in [2.45, 2.75) is 39.3 Å². The molecular formula is C9H20N4O2. The van der Waals surface area contributed by atoms with Gasteiger partial charge in [-0.15, -0.1) is 0 Å². The number of amidine groups is 1. The van der Waals surface area contributed by atoms with Crippen LogP contribution in [0.2, 0.25) is 0 Å². The molecule has 0 aromatic heterocycles. The number of nitrogens with zero attached hydrogens (tertiary/aromatic N) is 1. The Balaban J connectivity index is 3.92. The van der Waals surface area contributed by atoms with Crippen LogP contribution in [0.5, 0.6) is 0 Å². The summed E-state index contributed by atoms with van der Waals surface area (Å²) in [6.07, 6.45) is 0. The van der Waals surface area contributed by atoms with Gasteiger partial charge in [0.1, 0.15) is 0 Å². The van der Waals surface area contributed by atoms with Crippen LogP contribution in [0.3, 0.4) is 0 Å². The van der Waals surface area contributed by atoms with Gasteiger partial charge in [-0.2, -0.15) is 0 Å². The number of oxime groups is 1. The van der Waals surface area contributed by atoms with Gasteiger partial charge in [-0.05, 0) is 27.7 Å². The van der Waals surface area contributed by atoms with E-state index in [0.29, 0.717) is 0 Å². The van der Waals surface area contributed by atoms with Gasteiger partial charge in [0, 0.05) is 5.54 Å². The summed E-state index contributed by atoms with van der Waals surface area (Å²) in [6, 6.07) is -0.333. The van der Waals surface area contributed by atoms with E-state index in [-0.39, 0.29) is 29.9 Å². The Labute approximate surface area is 89.9 Å². The van der Waals surface area contributed by atoms with Crippen molar-refractivity contribution in [2.75, 3.05) is 6.54 Å². The van der Waals surface area contributed by atoms with Crippen molar-refractivity contribution in [2.24, 2.45) is 10.9 Å². The number of hydrogen-bond acceptors (Lipinski definition) is 4. The minimum absolute atomic E-state index is 0.0542. The third-order valence-electron chi connectivity index (χ3n) is 1.64. The van der Waals surface area contributed by atoms with Gasteiger partial charge in [-0.25, -0.2) is 0 Å². The smallest absolute Gasteiger partial charge is 0.234 e. The lowest BCUT2D eigenvalue weighted by molar-refractivity contribution is -0.121. The molecule has 1 amide bonds. The van der Waals surface area contributed by atoms with Crippen molar-refractivity contribution in [3.63, 3.8) is 0 Å². The predicted molar refractivity (Wildman–Crippen MR) is 58.8 cm³/mol. The molecular weight excluding hydrogens is 196 g/mol. The standard InChI is InChI=1S/C9H20N4O2/c1-6(8(10)13-15)11-5-7(14)12-9(2,3)4/h6,11,15H,5H2,1-4H3,(H2,10,13)(H,12,14). The molecule has 0 spiro atoms. The zero-order valence-corrected chi connectivity index (χ0v) is 9.66. The second-order valence-corrected chi connectivity index (χ2v) is 4.43. The number of amides is 1. The molecule has 0 radical (unpaired) electrons. The Hall–Kier alpha value is -1.30. The number of nitrogens with two attached hydrogens (primary N) is 1. The van der Waals surface area contributed by atoms with Gasteiger partial charge in [0.25, 0.3) is 0 Å². The SMILES string of the molecule is CC(NCC(=O)NC(C)(C)C)C(N)=NO. The van der Waals surface area contributed by atoms with Gasteiger partial charge in [-0.3, -0.25) is 10.1 Å². The Bertz CT molecular complexity index is 245. The van der Waals surface area contributed by atoms with E-state index in [0.717, 1.165) is 0 Å². The molecule has 6 heteroatoms. The molecule has 0 rings (SSSR count).